The molecule has 1 aromatic heterocycles. The van der Waals surface area contributed by atoms with Gasteiger partial charge in [0.2, 0.25) is 11.7 Å². The van der Waals surface area contributed by atoms with Crippen LogP contribution in [0.1, 0.15) is 25.8 Å². The maximum absolute atomic E-state index is 13.4. The van der Waals surface area contributed by atoms with Crippen LogP contribution in [0.2, 0.25) is 0 Å². The first-order valence-corrected chi connectivity index (χ1v) is 6.54. The Hall–Kier alpha value is -1.34. The standard InChI is InChI=1S/C12H12BrF2N3O/c1-3-16-6(2)12-17-11(18-19-12)7-4-5-8(14)10(15)9(7)13/h4-6,16H,3H2,1-2H3. The van der Waals surface area contributed by atoms with E-state index in [0.717, 1.165) is 12.6 Å². The highest BCUT2D eigenvalue weighted by molar-refractivity contribution is 9.10. The molecule has 0 saturated carbocycles. The zero-order chi connectivity index (χ0) is 14.0. The molecule has 0 bridgehead atoms. The van der Waals surface area contributed by atoms with E-state index >= 15 is 0 Å². The summed E-state index contributed by atoms with van der Waals surface area (Å²) in [7, 11) is 0. The lowest BCUT2D eigenvalue weighted by Gasteiger charge is -2.05. The van der Waals surface area contributed by atoms with Crippen LogP contribution in [-0.4, -0.2) is 16.7 Å². The van der Waals surface area contributed by atoms with Crippen molar-refractivity contribution in [1.82, 2.24) is 15.5 Å². The van der Waals surface area contributed by atoms with E-state index in [1.807, 2.05) is 13.8 Å². The monoisotopic (exact) mass is 331 g/mol. The molecule has 0 aliphatic rings. The number of hydrogen-bond donors (Lipinski definition) is 1. The van der Waals surface area contributed by atoms with E-state index in [9.17, 15) is 8.78 Å². The quantitative estimate of drug-likeness (QED) is 0.872. The third-order valence-electron chi connectivity index (χ3n) is 2.60. The van der Waals surface area contributed by atoms with E-state index in [1.54, 1.807) is 0 Å². The minimum atomic E-state index is -0.969. The maximum atomic E-state index is 13.4. The van der Waals surface area contributed by atoms with Gasteiger partial charge in [0.15, 0.2) is 11.6 Å². The summed E-state index contributed by atoms with van der Waals surface area (Å²) >= 11 is 2.99. The van der Waals surface area contributed by atoms with Crippen molar-refractivity contribution in [2.24, 2.45) is 0 Å². The van der Waals surface area contributed by atoms with Gasteiger partial charge in [0, 0.05) is 5.56 Å². The van der Waals surface area contributed by atoms with Crippen molar-refractivity contribution >= 4 is 15.9 Å². The lowest BCUT2D eigenvalue weighted by atomic mass is 10.2. The fourth-order valence-corrected chi connectivity index (χ4v) is 2.11. The van der Waals surface area contributed by atoms with Gasteiger partial charge in [-0.2, -0.15) is 4.98 Å². The van der Waals surface area contributed by atoms with Gasteiger partial charge in [0.25, 0.3) is 0 Å². The van der Waals surface area contributed by atoms with Crippen molar-refractivity contribution < 1.29 is 13.3 Å². The van der Waals surface area contributed by atoms with Gasteiger partial charge < -0.3 is 9.84 Å². The summed E-state index contributed by atoms with van der Waals surface area (Å²) in [5, 5.41) is 6.90. The second kappa shape index (κ2) is 5.75. The van der Waals surface area contributed by atoms with Crippen LogP contribution < -0.4 is 5.32 Å². The fourth-order valence-electron chi connectivity index (χ4n) is 1.61. The van der Waals surface area contributed by atoms with Gasteiger partial charge in [0.05, 0.1) is 10.5 Å². The lowest BCUT2D eigenvalue weighted by molar-refractivity contribution is 0.342. The number of rotatable bonds is 4. The molecule has 0 amide bonds. The Morgan fingerprint density at radius 1 is 1.42 bits per heavy atom. The van der Waals surface area contributed by atoms with Gasteiger partial charge in [0.1, 0.15) is 0 Å². The van der Waals surface area contributed by atoms with Crippen LogP contribution in [0.25, 0.3) is 11.4 Å². The van der Waals surface area contributed by atoms with Gasteiger partial charge in [-0.15, -0.1) is 0 Å². The maximum Gasteiger partial charge on any atom is 0.243 e. The average molecular weight is 332 g/mol. The Morgan fingerprint density at radius 2 is 2.16 bits per heavy atom. The first-order valence-electron chi connectivity index (χ1n) is 5.75. The molecule has 2 aromatic rings. The molecule has 4 nitrogen and oxygen atoms in total. The Kier molecular flexibility index (Phi) is 4.26. The molecule has 7 heteroatoms. The van der Waals surface area contributed by atoms with Crippen LogP contribution >= 0.6 is 15.9 Å². The predicted octanol–water partition coefficient (Wildman–Crippen LogP) is 3.45. The minimum Gasteiger partial charge on any atom is -0.337 e. The first-order chi connectivity index (χ1) is 9.04. The lowest BCUT2D eigenvalue weighted by Crippen LogP contribution is -2.17. The van der Waals surface area contributed by atoms with Crippen molar-refractivity contribution in [3.63, 3.8) is 0 Å². The molecule has 1 N–H and O–H groups in total. The highest BCUT2D eigenvalue weighted by Crippen LogP contribution is 2.30. The average Bonchev–Trinajstić information content (AvgIpc) is 2.86. The van der Waals surface area contributed by atoms with Crippen LogP contribution in [-0.2, 0) is 0 Å². The molecule has 0 spiro atoms. The van der Waals surface area contributed by atoms with E-state index in [4.69, 9.17) is 4.52 Å². The Morgan fingerprint density at radius 3 is 2.84 bits per heavy atom. The number of nitrogens with zero attached hydrogens (tertiary/aromatic N) is 2. The van der Waals surface area contributed by atoms with Crippen molar-refractivity contribution in [1.29, 1.82) is 0 Å². The largest absolute Gasteiger partial charge is 0.337 e. The van der Waals surface area contributed by atoms with Gasteiger partial charge in [-0.25, -0.2) is 8.78 Å². The second-order valence-electron chi connectivity index (χ2n) is 3.96. The van der Waals surface area contributed by atoms with E-state index in [-0.39, 0.29) is 16.3 Å². The summed E-state index contributed by atoms with van der Waals surface area (Å²) in [6, 6.07) is 2.32. The minimum absolute atomic E-state index is 0.0176. The van der Waals surface area contributed by atoms with E-state index in [2.05, 4.69) is 31.4 Å². The molecule has 0 radical (unpaired) electrons. The van der Waals surface area contributed by atoms with Crippen molar-refractivity contribution in [2.45, 2.75) is 19.9 Å². The predicted molar refractivity (Wildman–Crippen MR) is 69.4 cm³/mol. The van der Waals surface area contributed by atoms with Crippen LogP contribution in [0, 0.1) is 11.6 Å². The molecular weight excluding hydrogens is 320 g/mol. The third-order valence-corrected chi connectivity index (χ3v) is 3.37. The Balaban J connectivity index is 2.36. The zero-order valence-electron chi connectivity index (χ0n) is 10.4. The molecule has 0 aliphatic carbocycles. The van der Waals surface area contributed by atoms with E-state index < -0.39 is 11.6 Å². The van der Waals surface area contributed by atoms with Gasteiger partial charge >= 0.3 is 0 Å². The summed E-state index contributed by atoms with van der Waals surface area (Å²) in [4.78, 5) is 4.17. The first kappa shape index (κ1) is 14.1. The summed E-state index contributed by atoms with van der Waals surface area (Å²) < 4.78 is 31.6. The second-order valence-corrected chi connectivity index (χ2v) is 4.75. The van der Waals surface area contributed by atoms with E-state index in [0.29, 0.717) is 11.5 Å². The normalized spacial score (nSPS) is 12.7. The van der Waals surface area contributed by atoms with Crippen molar-refractivity contribution in [3.05, 3.63) is 34.1 Å². The number of aromatic nitrogens is 2. The molecule has 0 fully saturated rings. The number of benzene rings is 1. The molecule has 19 heavy (non-hydrogen) atoms. The highest BCUT2D eigenvalue weighted by atomic mass is 79.9. The van der Waals surface area contributed by atoms with Gasteiger partial charge in [-0.05, 0) is 41.5 Å². The summed E-state index contributed by atoms with van der Waals surface area (Å²) in [5.41, 5.74) is 0.345. The SMILES string of the molecule is CCNC(C)c1nc(-c2ccc(F)c(F)c2Br)no1. The number of halogens is 3. The molecule has 1 unspecified atom stereocenters. The molecule has 102 valence electrons. The molecular formula is C12H12BrF2N3O. The summed E-state index contributed by atoms with van der Waals surface area (Å²) in [6.45, 7) is 4.59. The van der Waals surface area contributed by atoms with Crippen LogP contribution in [0.3, 0.4) is 0 Å². The number of hydrogen-bond acceptors (Lipinski definition) is 4. The molecule has 1 heterocycles. The molecule has 2 rings (SSSR count). The van der Waals surface area contributed by atoms with Crippen molar-refractivity contribution in [2.75, 3.05) is 6.54 Å². The van der Waals surface area contributed by atoms with Crippen LogP contribution in [0.4, 0.5) is 8.78 Å². The highest BCUT2D eigenvalue weighted by Gasteiger charge is 2.19. The Bertz CT molecular complexity index is 588. The third kappa shape index (κ3) is 2.82. The smallest absolute Gasteiger partial charge is 0.243 e. The van der Waals surface area contributed by atoms with Crippen LogP contribution in [0.15, 0.2) is 21.1 Å². The van der Waals surface area contributed by atoms with Gasteiger partial charge in [-0.1, -0.05) is 12.1 Å². The molecule has 1 aromatic carbocycles. The van der Waals surface area contributed by atoms with Crippen molar-refractivity contribution in [3.8, 4) is 11.4 Å². The summed E-state index contributed by atoms with van der Waals surface area (Å²) in [6.07, 6.45) is 0. The molecule has 0 saturated heterocycles. The summed E-state index contributed by atoms with van der Waals surface area (Å²) in [5.74, 6) is -1.29. The Labute approximate surface area is 117 Å². The topological polar surface area (TPSA) is 51.0 Å². The number of nitrogens with one attached hydrogen (secondary N) is 1. The molecule has 0 aliphatic heterocycles. The zero-order valence-corrected chi connectivity index (χ0v) is 12.0. The fraction of sp³-hybridized carbons (Fsp3) is 0.333. The van der Waals surface area contributed by atoms with E-state index in [1.165, 1.54) is 6.07 Å². The molecule has 1 atom stereocenters. The van der Waals surface area contributed by atoms with Crippen LogP contribution in [0.5, 0.6) is 0 Å². The van der Waals surface area contributed by atoms with Gasteiger partial charge in [-0.3, -0.25) is 0 Å².